The molecule has 1 fully saturated rings. The summed E-state index contributed by atoms with van der Waals surface area (Å²) in [6.45, 7) is 7.34. The van der Waals surface area contributed by atoms with Gasteiger partial charge in [-0.1, -0.05) is 30.3 Å². The van der Waals surface area contributed by atoms with Crippen molar-refractivity contribution in [3.8, 4) is 17.2 Å². The van der Waals surface area contributed by atoms with E-state index in [0.29, 0.717) is 50.6 Å². The average molecular weight is 490 g/mol. The summed E-state index contributed by atoms with van der Waals surface area (Å²) in [6.07, 6.45) is -0.250. The maximum Gasteiger partial charge on any atom is 0.267 e. The van der Waals surface area contributed by atoms with Crippen LogP contribution in [-0.2, 0) is 9.59 Å². The van der Waals surface area contributed by atoms with Crippen LogP contribution in [0.4, 0.5) is 5.69 Å². The Morgan fingerprint density at radius 1 is 0.972 bits per heavy atom. The molecular weight excluding hydrogens is 458 g/mol. The van der Waals surface area contributed by atoms with Crippen LogP contribution in [0.3, 0.4) is 0 Å². The lowest BCUT2D eigenvalue weighted by molar-refractivity contribution is -0.143. The fourth-order valence-corrected chi connectivity index (χ4v) is 4.64. The first-order chi connectivity index (χ1) is 17.5. The number of rotatable bonds is 6. The molecule has 3 heterocycles. The van der Waals surface area contributed by atoms with Crippen molar-refractivity contribution >= 4 is 17.5 Å². The molecule has 36 heavy (non-hydrogen) atoms. The first kappa shape index (κ1) is 23.9. The Morgan fingerprint density at radius 3 is 2.42 bits per heavy atom. The SMILES string of the molecule is Cc1nn(-c2ccccc2)c(C)c1NC(=O)CCN1CCN(C(=O)[C@@H]2COc3ccccc3O2)CC1. The van der Waals surface area contributed by atoms with Gasteiger partial charge in [0.05, 0.1) is 22.8 Å². The maximum absolute atomic E-state index is 12.9. The number of nitrogens with zero attached hydrogens (tertiary/aromatic N) is 4. The number of aryl methyl sites for hydroxylation is 1. The van der Waals surface area contributed by atoms with Gasteiger partial charge in [0, 0.05) is 39.1 Å². The number of carbonyl (C=O) groups excluding carboxylic acids is 2. The molecule has 0 saturated carbocycles. The number of nitrogens with one attached hydrogen (secondary N) is 1. The number of anilines is 1. The van der Waals surface area contributed by atoms with Crippen molar-refractivity contribution in [2.45, 2.75) is 26.4 Å². The van der Waals surface area contributed by atoms with Crippen molar-refractivity contribution in [3.63, 3.8) is 0 Å². The number of hydrogen-bond donors (Lipinski definition) is 1. The molecule has 1 atom stereocenters. The van der Waals surface area contributed by atoms with E-state index in [2.05, 4.69) is 15.3 Å². The topological polar surface area (TPSA) is 88.9 Å². The lowest BCUT2D eigenvalue weighted by Gasteiger charge is -2.37. The van der Waals surface area contributed by atoms with Crippen LogP contribution < -0.4 is 14.8 Å². The van der Waals surface area contributed by atoms with Gasteiger partial charge in [0.25, 0.3) is 5.91 Å². The predicted octanol–water partition coefficient (Wildman–Crippen LogP) is 2.80. The molecule has 0 radical (unpaired) electrons. The van der Waals surface area contributed by atoms with Crippen molar-refractivity contribution in [2.75, 3.05) is 44.6 Å². The van der Waals surface area contributed by atoms with Crippen LogP contribution in [0.15, 0.2) is 54.6 Å². The van der Waals surface area contributed by atoms with Crippen LogP contribution in [0, 0.1) is 13.8 Å². The molecule has 1 N–H and O–H groups in total. The Morgan fingerprint density at radius 2 is 1.67 bits per heavy atom. The second kappa shape index (κ2) is 10.4. The smallest absolute Gasteiger partial charge is 0.267 e. The third-order valence-electron chi connectivity index (χ3n) is 6.68. The number of piperazine rings is 1. The van der Waals surface area contributed by atoms with Crippen molar-refractivity contribution < 1.29 is 19.1 Å². The van der Waals surface area contributed by atoms with Crippen LogP contribution >= 0.6 is 0 Å². The number of aromatic nitrogens is 2. The molecule has 2 aromatic carbocycles. The largest absolute Gasteiger partial charge is 0.485 e. The highest BCUT2D eigenvalue weighted by atomic mass is 16.6. The second-order valence-electron chi connectivity index (χ2n) is 9.12. The number of carbonyl (C=O) groups is 2. The molecular formula is C27H31N5O4. The number of hydrogen-bond acceptors (Lipinski definition) is 6. The Balaban J connectivity index is 1.09. The highest BCUT2D eigenvalue weighted by Gasteiger charge is 2.32. The molecule has 5 rings (SSSR count). The van der Waals surface area contributed by atoms with E-state index in [-0.39, 0.29) is 18.4 Å². The minimum Gasteiger partial charge on any atom is -0.485 e. The monoisotopic (exact) mass is 489 g/mol. The Kier molecular flexibility index (Phi) is 6.90. The zero-order valence-electron chi connectivity index (χ0n) is 20.6. The van der Waals surface area contributed by atoms with E-state index < -0.39 is 6.10 Å². The fraction of sp³-hybridized carbons (Fsp3) is 0.370. The molecule has 2 aliphatic rings. The summed E-state index contributed by atoms with van der Waals surface area (Å²) in [5.41, 5.74) is 3.40. The average Bonchev–Trinajstić information content (AvgIpc) is 3.20. The van der Waals surface area contributed by atoms with Gasteiger partial charge in [0.2, 0.25) is 12.0 Å². The van der Waals surface area contributed by atoms with E-state index in [1.807, 2.05) is 78.0 Å². The minimum absolute atomic E-state index is 0.0428. The summed E-state index contributed by atoms with van der Waals surface area (Å²) in [5.74, 6) is 1.18. The summed E-state index contributed by atoms with van der Waals surface area (Å²) in [4.78, 5) is 29.7. The van der Waals surface area contributed by atoms with Crippen LogP contribution in [0.5, 0.6) is 11.5 Å². The van der Waals surface area contributed by atoms with Crippen LogP contribution in [-0.4, -0.2) is 76.8 Å². The van der Waals surface area contributed by atoms with Gasteiger partial charge in [0.1, 0.15) is 6.61 Å². The van der Waals surface area contributed by atoms with Crippen molar-refractivity contribution in [2.24, 2.45) is 0 Å². The summed E-state index contributed by atoms with van der Waals surface area (Å²) in [7, 11) is 0. The lowest BCUT2D eigenvalue weighted by Crippen LogP contribution is -2.54. The highest BCUT2D eigenvalue weighted by Crippen LogP contribution is 2.31. The third-order valence-corrected chi connectivity index (χ3v) is 6.68. The van der Waals surface area contributed by atoms with Gasteiger partial charge in [-0.25, -0.2) is 4.68 Å². The van der Waals surface area contributed by atoms with Gasteiger partial charge in [-0.2, -0.15) is 5.10 Å². The van der Waals surface area contributed by atoms with E-state index in [4.69, 9.17) is 9.47 Å². The number of amides is 2. The van der Waals surface area contributed by atoms with E-state index in [1.165, 1.54) is 0 Å². The highest BCUT2D eigenvalue weighted by molar-refractivity contribution is 5.92. The molecule has 1 aromatic heterocycles. The van der Waals surface area contributed by atoms with E-state index >= 15 is 0 Å². The summed E-state index contributed by atoms with van der Waals surface area (Å²) < 4.78 is 13.4. The standard InChI is InChI=1S/C27H31N5O4/c1-19-26(20(2)32(29-19)21-8-4-3-5-9-21)28-25(33)12-13-30-14-16-31(17-15-30)27(34)24-18-35-22-10-6-7-11-23(22)36-24/h3-11,24H,12-18H2,1-2H3,(H,28,33)/t24-/m0/s1. The number of ether oxygens (including phenoxy) is 2. The molecule has 0 bridgehead atoms. The molecule has 2 amide bonds. The second-order valence-corrected chi connectivity index (χ2v) is 9.12. The molecule has 3 aromatic rings. The molecule has 2 aliphatic heterocycles. The van der Waals surface area contributed by atoms with Gasteiger partial charge >= 0.3 is 0 Å². The van der Waals surface area contributed by atoms with E-state index in [1.54, 1.807) is 0 Å². The van der Waals surface area contributed by atoms with Crippen molar-refractivity contribution in [1.29, 1.82) is 0 Å². The van der Waals surface area contributed by atoms with Gasteiger partial charge in [-0.15, -0.1) is 0 Å². The van der Waals surface area contributed by atoms with E-state index in [0.717, 1.165) is 22.8 Å². The zero-order chi connectivity index (χ0) is 25.1. The first-order valence-corrected chi connectivity index (χ1v) is 12.3. The first-order valence-electron chi connectivity index (χ1n) is 12.3. The van der Waals surface area contributed by atoms with Gasteiger partial charge < -0.3 is 19.7 Å². The van der Waals surface area contributed by atoms with Crippen LogP contribution in [0.1, 0.15) is 17.8 Å². The Labute approximate surface area is 210 Å². The molecule has 1 saturated heterocycles. The molecule has 9 heteroatoms. The van der Waals surface area contributed by atoms with Crippen molar-refractivity contribution in [1.82, 2.24) is 19.6 Å². The quantitative estimate of drug-likeness (QED) is 0.573. The van der Waals surface area contributed by atoms with Gasteiger partial charge in [-0.05, 0) is 38.1 Å². The lowest BCUT2D eigenvalue weighted by atomic mass is 10.2. The Bertz CT molecular complexity index is 1230. The molecule has 0 unspecified atom stereocenters. The van der Waals surface area contributed by atoms with Gasteiger partial charge in [-0.3, -0.25) is 14.5 Å². The molecule has 188 valence electrons. The molecule has 0 spiro atoms. The number of fused-ring (bicyclic) bond motifs is 1. The maximum atomic E-state index is 12.9. The fourth-order valence-electron chi connectivity index (χ4n) is 4.64. The Hall–Kier alpha value is -3.85. The van der Waals surface area contributed by atoms with Crippen molar-refractivity contribution in [3.05, 3.63) is 66.0 Å². The minimum atomic E-state index is -0.625. The van der Waals surface area contributed by atoms with Crippen LogP contribution in [0.25, 0.3) is 5.69 Å². The third kappa shape index (κ3) is 5.06. The summed E-state index contributed by atoms with van der Waals surface area (Å²) in [5, 5.41) is 7.64. The summed E-state index contributed by atoms with van der Waals surface area (Å²) in [6, 6.07) is 17.3. The summed E-state index contributed by atoms with van der Waals surface area (Å²) >= 11 is 0. The van der Waals surface area contributed by atoms with Crippen LogP contribution in [0.2, 0.25) is 0 Å². The normalized spacial score (nSPS) is 17.6. The molecule has 0 aliphatic carbocycles. The van der Waals surface area contributed by atoms with E-state index in [9.17, 15) is 9.59 Å². The molecule has 9 nitrogen and oxygen atoms in total. The number of para-hydroxylation sites is 3. The zero-order valence-corrected chi connectivity index (χ0v) is 20.6. The predicted molar refractivity (Wildman–Crippen MR) is 136 cm³/mol. The van der Waals surface area contributed by atoms with Gasteiger partial charge in [0.15, 0.2) is 11.5 Å². The number of benzene rings is 2.